The molecular weight excluding hydrogens is 260 g/mol. The van der Waals surface area contributed by atoms with Crippen molar-refractivity contribution in [1.82, 2.24) is 9.88 Å². The minimum Gasteiger partial charge on any atom is -0.440 e. The average Bonchev–Trinajstić information content (AvgIpc) is 3.03. The van der Waals surface area contributed by atoms with Crippen LogP contribution in [-0.4, -0.2) is 34.2 Å². The standard InChI is InChI=1S/C14H18N2O2S/c1-10-12(9-16-6-4-11(17)5-7-16)15-14(18-10)13-3-2-8-19-13/h2-3,8,11,17H,4-7,9H2,1H3. The fourth-order valence-electron chi connectivity index (χ4n) is 2.37. The minimum atomic E-state index is -0.128. The molecule has 0 atom stereocenters. The van der Waals surface area contributed by atoms with E-state index in [2.05, 4.69) is 9.88 Å². The van der Waals surface area contributed by atoms with Gasteiger partial charge >= 0.3 is 0 Å². The number of aryl methyl sites for hydroxylation is 1. The van der Waals surface area contributed by atoms with Crippen molar-refractivity contribution in [2.45, 2.75) is 32.4 Å². The number of rotatable bonds is 3. The molecule has 1 N–H and O–H groups in total. The fraction of sp³-hybridized carbons (Fsp3) is 0.500. The normalized spacial score (nSPS) is 18.0. The summed E-state index contributed by atoms with van der Waals surface area (Å²) in [5.74, 6) is 1.62. The van der Waals surface area contributed by atoms with E-state index in [-0.39, 0.29) is 6.10 Å². The molecule has 0 unspecified atom stereocenters. The van der Waals surface area contributed by atoms with Crippen molar-refractivity contribution in [2.24, 2.45) is 0 Å². The minimum absolute atomic E-state index is 0.128. The topological polar surface area (TPSA) is 49.5 Å². The maximum Gasteiger partial charge on any atom is 0.236 e. The van der Waals surface area contributed by atoms with Crippen LogP contribution in [0.5, 0.6) is 0 Å². The van der Waals surface area contributed by atoms with Gasteiger partial charge in [0.2, 0.25) is 5.89 Å². The number of hydrogen-bond donors (Lipinski definition) is 1. The zero-order chi connectivity index (χ0) is 13.2. The molecule has 0 bridgehead atoms. The molecule has 0 radical (unpaired) electrons. The predicted molar refractivity (Wildman–Crippen MR) is 75.1 cm³/mol. The van der Waals surface area contributed by atoms with Crippen molar-refractivity contribution in [3.05, 3.63) is 29.0 Å². The summed E-state index contributed by atoms with van der Waals surface area (Å²) in [5, 5.41) is 11.5. The van der Waals surface area contributed by atoms with Gasteiger partial charge in [0, 0.05) is 19.6 Å². The van der Waals surface area contributed by atoms with Crippen LogP contribution < -0.4 is 0 Å². The van der Waals surface area contributed by atoms with E-state index in [4.69, 9.17) is 4.42 Å². The molecule has 1 aliphatic rings. The van der Waals surface area contributed by atoms with E-state index in [1.54, 1.807) is 11.3 Å². The number of likely N-dealkylation sites (tertiary alicyclic amines) is 1. The summed E-state index contributed by atoms with van der Waals surface area (Å²) in [6.45, 7) is 4.65. The van der Waals surface area contributed by atoms with E-state index in [1.807, 2.05) is 24.4 Å². The highest BCUT2D eigenvalue weighted by atomic mass is 32.1. The Kier molecular flexibility index (Phi) is 3.68. The van der Waals surface area contributed by atoms with E-state index in [0.29, 0.717) is 0 Å². The van der Waals surface area contributed by atoms with Gasteiger partial charge in [0.25, 0.3) is 0 Å². The van der Waals surface area contributed by atoms with Crippen molar-refractivity contribution in [3.8, 4) is 10.8 Å². The summed E-state index contributed by atoms with van der Waals surface area (Å²) in [4.78, 5) is 8.01. The van der Waals surface area contributed by atoms with Crippen LogP contribution in [-0.2, 0) is 6.54 Å². The van der Waals surface area contributed by atoms with Gasteiger partial charge in [0.15, 0.2) is 0 Å². The van der Waals surface area contributed by atoms with E-state index >= 15 is 0 Å². The number of aliphatic hydroxyl groups is 1. The van der Waals surface area contributed by atoms with Crippen LogP contribution in [0.4, 0.5) is 0 Å². The molecule has 0 spiro atoms. The van der Waals surface area contributed by atoms with Crippen LogP contribution in [0.2, 0.25) is 0 Å². The summed E-state index contributed by atoms with van der Waals surface area (Å²) in [5.41, 5.74) is 1.01. The first-order chi connectivity index (χ1) is 9.22. The van der Waals surface area contributed by atoms with E-state index in [0.717, 1.165) is 54.7 Å². The molecule has 4 nitrogen and oxygen atoms in total. The number of hydrogen-bond acceptors (Lipinski definition) is 5. The third-order valence-electron chi connectivity index (χ3n) is 3.56. The highest BCUT2D eigenvalue weighted by Gasteiger charge is 2.20. The number of piperidine rings is 1. The highest BCUT2D eigenvalue weighted by Crippen LogP contribution is 2.26. The fourth-order valence-corrected chi connectivity index (χ4v) is 3.02. The van der Waals surface area contributed by atoms with Gasteiger partial charge in [-0.25, -0.2) is 4.98 Å². The van der Waals surface area contributed by atoms with Crippen LogP contribution in [0.1, 0.15) is 24.3 Å². The molecule has 1 saturated heterocycles. The summed E-state index contributed by atoms with van der Waals surface area (Å²) in [7, 11) is 0. The Morgan fingerprint density at radius 2 is 2.26 bits per heavy atom. The molecule has 2 aromatic heterocycles. The van der Waals surface area contributed by atoms with Gasteiger partial charge in [0.1, 0.15) is 5.76 Å². The highest BCUT2D eigenvalue weighted by molar-refractivity contribution is 7.13. The largest absolute Gasteiger partial charge is 0.440 e. The molecule has 3 heterocycles. The van der Waals surface area contributed by atoms with E-state index < -0.39 is 0 Å². The predicted octanol–water partition coefficient (Wildman–Crippen LogP) is 2.67. The summed E-state index contributed by atoms with van der Waals surface area (Å²) in [6, 6.07) is 4.03. The van der Waals surface area contributed by atoms with Gasteiger partial charge in [-0.1, -0.05) is 6.07 Å². The molecule has 0 aliphatic carbocycles. The summed E-state index contributed by atoms with van der Waals surface area (Å²) < 4.78 is 5.74. The van der Waals surface area contributed by atoms with Crippen molar-refractivity contribution < 1.29 is 9.52 Å². The lowest BCUT2D eigenvalue weighted by molar-refractivity contribution is 0.0785. The van der Waals surface area contributed by atoms with Crippen LogP contribution in [0.3, 0.4) is 0 Å². The third-order valence-corrected chi connectivity index (χ3v) is 4.41. The van der Waals surface area contributed by atoms with Crippen LogP contribution in [0.15, 0.2) is 21.9 Å². The number of nitrogens with zero attached hydrogens (tertiary/aromatic N) is 2. The van der Waals surface area contributed by atoms with Gasteiger partial charge in [-0.15, -0.1) is 11.3 Å². The molecule has 0 saturated carbocycles. The lowest BCUT2D eigenvalue weighted by Gasteiger charge is -2.28. The van der Waals surface area contributed by atoms with Crippen molar-refractivity contribution in [2.75, 3.05) is 13.1 Å². The Morgan fingerprint density at radius 3 is 2.95 bits per heavy atom. The smallest absolute Gasteiger partial charge is 0.236 e. The first-order valence-corrected chi connectivity index (χ1v) is 7.51. The average molecular weight is 278 g/mol. The van der Waals surface area contributed by atoms with Gasteiger partial charge in [-0.3, -0.25) is 4.90 Å². The Balaban J connectivity index is 1.71. The number of aromatic nitrogens is 1. The van der Waals surface area contributed by atoms with E-state index in [9.17, 15) is 5.11 Å². The van der Waals surface area contributed by atoms with Gasteiger partial charge in [0.05, 0.1) is 16.7 Å². The Hall–Kier alpha value is -1.17. The molecule has 19 heavy (non-hydrogen) atoms. The van der Waals surface area contributed by atoms with Crippen molar-refractivity contribution in [1.29, 1.82) is 0 Å². The molecule has 1 fully saturated rings. The third kappa shape index (κ3) is 2.88. The lowest BCUT2D eigenvalue weighted by atomic mass is 10.1. The molecule has 1 aliphatic heterocycles. The second kappa shape index (κ2) is 5.45. The second-order valence-corrected chi connectivity index (χ2v) is 5.95. The molecule has 0 aromatic carbocycles. The molecule has 2 aromatic rings. The maximum atomic E-state index is 9.52. The second-order valence-electron chi connectivity index (χ2n) is 5.01. The maximum absolute atomic E-state index is 9.52. The molecular formula is C14H18N2O2S. The zero-order valence-corrected chi connectivity index (χ0v) is 11.8. The first kappa shape index (κ1) is 12.8. The van der Waals surface area contributed by atoms with Gasteiger partial charge in [-0.05, 0) is 31.2 Å². The van der Waals surface area contributed by atoms with Crippen LogP contribution >= 0.6 is 11.3 Å². The number of oxazole rings is 1. The number of thiophene rings is 1. The van der Waals surface area contributed by atoms with Gasteiger partial charge < -0.3 is 9.52 Å². The quantitative estimate of drug-likeness (QED) is 0.937. The number of aliphatic hydroxyl groups excluding tert-OH is 1. The van der Waals surface area contributed by atoms with E-state index in [1.165, 1.54) is 0 Å². The van der Waals surface area contributed by atoms with Crippen molar-refractivity contribution >= 4 is 11.3 Å². The Morgan fingerprint density at radius 1 is 1.47 bits per heavy atom. The molecule has 0 amide bonds. The SMILES string of the molecule is Cc1oc(-c2cccs2)nc1CN1CCC(O)CC1. The van der Waals surface area contributed by atoms with Crippen molar-refractivity contribution in [3.63, 3.8) is 0 Å². The summed E-state index contributed by atoms with van der Waals surface area (Å²) in [6.07, 6.45) is 1.58. The molecule has 5 heteroatoms. The van der Waals surface area contributed by atoms with Crippen LogP contribution in [0, 0.1) is 6.92 Å². The van der Waals surface area contributed by atoms with Crippen LogP contribution in [0.25, 0.3) is 10.8 Å². The lowest BCUT2D eigenvalue weighted by Crippen LogP contribution is -2.35. The molecule has 3 rings (SSSR count). The Labute approximate surface area is 116 Å². The Bertz CT molecular complexity index is 528. The zero-order valence-electron chi connectivity index (χ0n) is 11.0. The molecule has 102 valence electrons. The first-order valence-electron chi connectivity index (χ1n) is 6.63. The van der Waals surface area contributed by atoms with Gasteiger partial charge in [-0.2, -0.15) is 0 Å². The summed E-state index contributed by atoms with van der Waals surface area (Å²) >= 11 is 1.64. The monoisotopic (exact) mass is 278 g/mol.